The molecule has 0 radical (unpaired) electrons. The highest BCUT2D eigenvalue weighted by Crippen LogP contribution is 2.10. The van der Waals surface area contributed by atoms with Crippen molar-refractivity contribution in [1.82, 2.24) is 10.6 Å². The van der Waals surface area contributed by atoms with Gasteiger partial charge in [0.2, 0.25) is 5.91 Å². The number of nitrogens with one attached hydrogen (secondary N) is 2. The highest BCUT2D eigenvalue weighted by molar-refractivity contribution is 7.12. The summed E-state index contributed by atoms with van der Waals surface area (Å²) in [6.45, 7) is 0.364. The Morgan fingerprint density at radius 2 is 1.75 bits per heavy atom. The summed E-state index contributed by atoms with van der Waals surface area (Å²) < 4.78 is 13.3. The number of rotatable bonds is 8. The number of amides is 2. The van der Waals surface area contributed by atoms with Gasteiger partial charge in [0.15, 0.2) is 0 Å². The maximum Gasteiger partial charge on any atom is 0.262 e. The van der Waals surface area contributed by atoms with Gasteiger partial charge in [0.25, 0.3) is 5.91 Å². The van der Waals surface area contributed by atoms with E-state index in [2.05, 4.69) is 10.6 Å². The van der Waals surface area contributed by atoms with Crippen LogP contribution < -0.4 is 10.6 Å². The Morgan fingerprint density at radius 1 is 0.964 bits per heavy atom. The van der Waals surface area contributed by atoms with E-state index in [0.29, 0.717) is 24.3 Å². The predicted molar refractivity (Wildman–Crippen MR) is 109 cm³/mol. The molecule has 1 heterocycles. The summed E-state index contributed by atoms with van der Waals surface area (Å²) in [6.07, 6.45) is 0.907. The number of thiophene rings is 1. The van der Waals surface area contributed by atoms with Gasteiger partial charge in [-0.25, -0.2) is 4.39 Å². The normalized spacial score (nSPS) is 11.6. The molecule has 1 atom stereocenters. The molecule has 144 valence electrons. The summed E-state index contributed by atoms with van der Waals surface area (Å²) >= 11 is 1.33. The molecule has 0 saturated heterocycles. The topological polar surface area (TPSA) is 58.2 Å². The Hall–Kier alpha value is -2.99. The molecule has 0 aliphatic heterocycles. The van der Waals surface area contributed by atoms with Crippen LogP contribution in [0.5, 0.6) is 0 Å². The third kappa shape index (κ3) is 5.76. The van der Waals surface area contributed by atoms with E-state index in [9.17, 15) is 14.0 Å². The smallest absolute Gasteiger partial charge is 0.262 e. The fourth-order valence-corrected chi connectivity index (χ4v) is 3.47. The second-order valence-electron chi connectivity index (χ2n) is 6.36. The molecule has 6 heteroatoms. The van der Waals surface area contributed by atoms with Crippen molar-refractivity contribution < 1.29 is 14.0 Å². The quantitative estimate of drug-likeness (QED) is 0.611. The van der Waals surface area contributed by atoms with Crippen molar-refractivity contribution in [2.75, 3.05) is 6.54 Å². The molecule has 1 aromatic heterocycles. The van der Waals surface area contributed by atoms with Crippen LogP contribution in [0.4, 0.5) is 4.39 Å². The van der Waals surface area contributed by atoms with Gasteiger partial charge in [-0.3, -0.25) is 9.59 Å². The average molecular weight is 396 g/mol. The van der Waals surface area contributed by atoms with Crippen molar-refractivity contribution >= 4 is 23.2 Å². The summed E-state index contributed by atoms with van der Waals surface area (Å²) in [4.78, 5) is 25.7. The zero-order chi connectivity index (χ0) is 19.8. The molecule has 0 spiro atoms. The zero-order valence-corrected chi connectivity index (χ0v) is 16.0. The van der Waals surface area contributed by atoms with Crippen LogP contribution in [0, 0.1) is 5.82 Å². The van der Waals surface area contributed by atoms with Gasteiger partial charge >= 0.3 is 0 Å². The number of carbonyl (C=O) groups is 2. The van der Waals surface area contributed by atoms with Crippen LogP contribution in [-0.4, -0.2) is 24.4 Å². The van der Waals surface area contributed by atoms with Crippen molar-refractivity contribution in [3.8, 4) is 0 Å². The molecule has 3 aromatic rings. The van der Waals surface area contributed by atoms with Gasteiger partial charge in [0.1, 0.15) is 11.9 Å². The van der Waals surface area contributed by atoms with Gasteiger partial charge in [-0.05, 0) is 41.1 Å². The molecule has 2 aromatic carbocycles. The van der Waals surface area contributed by atoms with Crippen LogP contribution in [0.25, 0.3) is 0 Å². The molecule has 0 bridgehead atoms. The zero-order valence-electron chi connectivity index (χ0n) is 15.2. The van der Waals surface area contributed by atoms with Crippen molar-refractivity contribution in [2.45, 2.75) is 18.9 Å². The molecule has 0 saturated carbocycles. The van der Waals surface area contributed by atoms with E-state index < -0.39 is 6.04 Å². The van der Waals surface area contributed by atoms with Crippen LogP contribution in [0.2, 0.25) is 0 Å². The minimum atomic E-state index is -0.690. The molecule has 2 N–H and O–H groups in total. The highest BCUT2D eigenvalue weighted by atomic mass is 32.1. The monoisotopic (exact) mass is 396 g/mol. The Bertz CT molecular complexity index is 913. The van der Waals surface area contributed by atoms with Gasteiger partial charge < -0.3 is 10.6 Å². The first kappa shape index (κ1) is 19.8. The van der Waals surface area contributed by atoms with Crippen molar-refractivity contribution in [3.63, 3.8) is 0 Å². The van der Waals surface area contributed by atoms with Crippen molar-refractivity contribution in [3.05, 3.63) is 93.9 Å². The van der Waals surface area contributed by atoms with Crippen LogP contribution in [0.15, 0.2) is 72.1 Å². The van der Waals surface area contributed by atoms with E-state index in [0.717, 1.165) is 11.1 Å². The maximum atomic E-state index is 13.3. The third-order valence-electron chi connectivity index (χ3n) is 4.25. The van der Waals surface area contributed by atoms with Crippen molar-refractivity contribution in [1.29, 1.82) is 0 Å². The summed E-state index contributed by atoms with van der Waals surface area (Å²) in [6, 6.07) is 18.7. The summed E-state index contributed by atoms with van der Waals surface area (Å²) in [7, 11) is 0. The van der Waals surface area contributed by atoms with E-state index in [1.165, 1.54) is 23.5 Å². The summed E-state index contributed by atoms with van der Waals surface area (Å²) in [5.41, 5.74) is 1.77. The van der Waals surface area contributed by atoms with Gasteiger partial charge in [-0.1, -0.05) is 48.5 Å². The molecule has 0 aliphatic carbocycles. The van der Waals surface area contributed by atoms with Crippen LogP contribution in [0.3, 0.4) is 0 Å². The lowest BCUT2D eigenvalue weighted by Gasteiger charge is -2.18. The summed E-state index contributed by atoms with van der Waals surface area (Å²) in [5, 5.41) is 7.49. The lowest BCUT2D eigenvalue weighted by atomic mass is 10.0. The second kappa shape index (κ2) is 9.80. The average Bonchev–Trinajstić information content (AvgIpc) is 3.23. The van der Waals surface area contributed by atoms with Gasteiger partial charge in [0.05, 0.1) is 4.88 Å². The lowest BCUT2D eigenvalue weighted by molar-refractivity contribution is -0.122. The fraction of sp³-hybridized carbons (Fsp3) is 0.182. The minimum Gasteiger partial charge on any atom is -0.354 e. The summed E-state index contributed by atoms with van der Waals surface area (Å²) in [5.74, 6) is -0.824. The molecular weight excluding hydrogens is 375 g/mol. The molecule has 3 rings (SSSR count). The lowest BCUT2D eigenvalue weighted by Crippen LogP contribution is -2.48. The molecule has 0 fully saturated rings. The second-order valence-corrected chi connectivity index (χ2v) is 7.31. The molecule has 2 amide bonds. The molecule has 0 unspecified atom stereocenters. The van der Waals surface area contributed by atoms with Crippen LogP contribution in [0.1, 0.15) is 20.8 Å². The molecular formula is C22H21FN2O2S. The van der Waals surface area contributed by atoms with Crippen molar-refractivity contribution in [2.24, 2.45) is 0 Å². The molecule has 4 nitrogen and oxygen atoms in total. The maximum absolute atomic E-state index is 13.3. The van der Waals surface area contributed by atoms with Crippen LogP contribution in [-0.2, 0) is 17.6 Å². The highest BCUT2D eigenvalue weighted by Gasteiger charge is 2.22. The first-order valence-corrected chi connectivity index (χ1v) is 9.90. The number of hydrogen-bond acceptors (Lipinski definition) is 3. The fourth-order valence-electron chi connectivity index (χ4n) is 2.84. The number of carbonyl (C=O) groups excluding carboxylic acids is 2. The van der Waals surface area contributed by atoms with E-state index >= 15 is 0 Å². The van der Waals surface area contributed by atoms with Crippen LogP contribution >= 0.6 is 11.3 Å². The van der Waals surface area contributed by atoms with E-state index in [-0.39, 0.29) is 17.6 Å². The molecule has 0 aliphatic rings. The van der Waals surface area contributed by atoms with E-state index in [1.54, 1.807) is 18.2 Å². The van der Waals surface area contributed by atoms with Gasteiger partial charge in [0, 0.05) is 13.0 Å². The Kier molecular flexibility index (Phi) is 6.92. The minimum absolute atomic E-state index is 0.259. The van der Waals surface area contributed by atoms with Gasteiger partial charge in [-0.2, -0.15) is 0 Å². The van der Waals surface area contributed by atoms with E-state index in [4.69, 9.17) is 0 Å². The largest absolute Gasteiger partial charge is 0.354 e. The first-order valence-electron chi connectivity index (χ1n) is 9.02. The van der Waals surface area contributed by atoms with E-state index in [1.807, 2.05) is 41.8 Å². The SMILES string of the molecule is O=C(N[C@@H](Cc1ccccc1)C(=O)NCCc1cccc(F)c1)c1cccs1. The Labute approximate surface area is 167 Å². The van der Waals surface area contributed by atoms with Gasteiger partial charge in [-0.15, -0.1) is 11.3 Å². The number of benzene rings is 2. The number of hydrogen-bond donors (Lipinski definition) is 2. The first-order chi connectivity index (χ1) is 13.6. The standard InChI is InChI=1S/C22H21FN2O2S/c23-18-9-4-8-17(14-18)11-12-24-21(26)19(15-16-6-2-1-3-7-16)25-22(27)20-10-5-13-28-20/h1-10,13-14,19H,11-12,15H2,(H,24,26)(H,25,27)/t19-/m0/s1. The number of halogens is 1. The third-order valence-corrected chi connectivity index (χ3v) is 5.12. The predicted octanol–water partition coefficient (Wildman–Crippen LogP) is 3.59. The Balaban J connectivity index is 1.62. The molecule has 28 heavy (non-hydrogen) atoms. The Morgan fingerprint density at radius 3 is 2.46 bits per heavy atom.